The van der Waals surface area contributed by atoms with Crippen LogP contribution >= 0.6 is 15.9 Å². The maximum Gasteiger partial charge on any atom is 0.118 e. The lowest BCUT2D eigenvalue weighted by Crippen LogP contribution is -2.29. The first kappa shape index (κ1) is 15.8. The molecule has 0 saturated heterocycles. The minimum Gasteiger partial charge on any atom is -0.497 e. The maximum atomic E-state index is 6.04. The standard InChI is InChI=1S/C16H20BrN3O/c1-21-13-6-2-11(3-7-13)4-9-16(20-19)14-10-12(17)5-8-15(14)18/h2-3,5-8,10,16,20H,4,9,18-19H2,1H3. The summed E-state index contributed by atoms with van der Waals surface area (Å²) >= 11 is 3.47. The lowest BCUT2D eigenvalue weighted by atomic mass is 9.98. The van der Waals surface area contributed by atoms with E-state index in [-0.39, 0.29) is 6.04 Å². The van der Waals surface area contributed by atoms with Crippen molar-refractivity contribution in [3.63, 3.8) is 0 Å². The third-order valence-electron chi connectivity index (χ3n) is 3.51. The van der Waals surface area contributed by atoms with Gasteiger partial charge in [0.2, 0.25) is 0 Å². The number of methoxy groups -OCH3 is 1. The number of hydrogen-bond donors (Lipinski definition) is 3. The van der Waals surface area contributed by atoms with Crippen LogP contribution < -0.4 is 21.7 Å². The number of ether oxygens (including phenoxy) is 1. The Bertz CT molecular complexity index is 587. The van der Waals surface area contributed by atoms with E-state index in [0.717, 1.165) is 34.3 Å². The highest BCUT2D eigenvalue weighted by molar-refractivity contribution is 9.10. The maximum absolute atomic E-state index is 6.04. The number of nitrogens with two attached hydrogens (primary N) is 2. The number of hydrazine groups is 1. The van der Waals surface area contributed by atoms with E-state index < -0.39 is 0 Å². The molecule has 5 heteroatoms. The fraction of sp³-hybridized carbons (Fsp3) is 0.250. The molecule has 0 aliphatic carbocycles. The highest BCUT2D eigenvalue weighted by atomic mass is 79.9. The number of aryl methyl sites for hydroxylation is 1. The Labute approximate surface area is 133 Å². The predicted octanol–water partition coefficient (Wildman–Crippen LogP) is 3.18. The lowest BCUT2D eigenvalue weighted by Gasteiger charge is -2.18. The van der Waals surface area contributed by atoms with E-state index in [1.807, 2.05) is 30.3 Å². The van der Waals surface area contributed by atoms with Crippen molar-refractivity contribution in [1.29, 1.82) is 0 Å². The molecule has 2 aromatic carbocycles. The van der Waals surface area contributed by atoms with Gasteiger partial charge in [-0.3, -0.25) is 11.3 Å². The Hall–Kier alpha value is -1.56. The van der Waals surface area contributed by atoms with Crippen LogP contribution in [-0.2, 0) is 6.42 Å². The van der Waals surface area contributed by atoms with Crippen LogP contribution in [0.3, 0.4) is 0 Å². The van der Waals surface area contributed by atoms with Gasteiger partial charge in [0.25, 0.3) is 0 Å². The summed E-state index contributed by atoms with van der Waals surface area (Å²) < 4.78 is 6.16. The van der Waals surface area contributed by atoms with Crippen molar-refractivity contribution >= 4 is 21.6 Å². The van der Waals surface area contributed by atoms with E-state index in [1.54, 1.807) is 7.11 Å². The minimum atomic E-state index is 0.0181. The Morgan fingerprint density at radius 2 is 1.90 bits per heavy atom. The zero-order chi connectivity index (χ0) is 15.2. The van der Waals surface area contributed by atoms with Crippen molar-refractivity contribution in [3.8, 4) is 5.75 Å². The summed E-state index contributed by atoms with van der Waals surface area (Å²) in [4.78, 5) is 0. The first-order valence-corrected chi connectivity index (χ1v) is 7.57. The molecule has 1 unspecified atom stereocenters. The average molecular weight is 350 g/mol. The lowest BCUT2D eigenvalue weighted by molar-refractivity contribution is 0.414. The molecule has 1 atom stereocenters. The van der Waals surface area contributed by atoms with Gasteiger partial charge in [-0.1, -0.05) is 28.1 Å². The number of hydrogen-bond acceptors (Lipinski definition) is 4. The number of rotatable bonds is 6. The number of nitrogens with one attached hydrogen (secondary N) is 1. The molecule has 0 saturated carbocycles. The van der Waals surface area contributed by atoms with E-state index >= 15 is 0 Å². The van der Waals surface area contributed by atoms with Gasteiger partial charge >= 0.3 is 0 Å². The molecule has 0 heterocycles. The van der Waals surface area contributed by atoms with Gasteiger partial charge in [0.15, 0.2) is 0 Å². The third kappa shape index (κ3) is 4.20. The van der Waals surface area contributed by atoms with Crippen LogP contribution in [-0.4, -0.2) is 7.11 Å². The molecule has 0 aliphatic heterocycles. The molecule has 21 heavy (non-hydrogen) atoms. The van der Waals surface area contributed by atoms with Crippen LogP contribution in [0.25, 0.3) is 0 Å². The Kier molecular flexibility index (Phi) is 5.61. The normalized spacial score (nSPS) is 12.1. The summed E-state index contributed by atoms with van der Waals surface area (Å²) in [5.41, 5.74) is 11.9. The predicted molar refractivity (Wildman–Crippen MR) is 89.9 cm³/mol. The molecule has 0 bridgehead atoms. The largest absolute Gasteiger partial charge is 0.497 e. The average Bonchev–Trinajstić information content (AvgIpc) is 2.51. The molecular weight excluding hydrogens is 330 g/mol. The molecule has 0 aliphatic rings. The van der Waals surface area contributed by atoms with E-state index in [2.05, 4.69) is 33.5 Å². The summed E-state index contributed by atoms with van der Waals surface area (Å²) in [6, 6.07) is 13.9. The molecule has 2 rings (SSSR count). The van der Waals surface area contributed by atoms with Gasteiger partial charge in [-0.25, -0.2) is 0 Å². The first-order valence-electron chi connectivity index (χ1n) is 6.78. The third-order valence-corrected chi connectivity index (χ3v) is 4.00. The fourth-order valence-electron chi connectivity index (χ4n) is 2.28. The second-order valence-corrected chi connectivity index (χ2v) is 5.79. The van der Waals surface area contributed by atoms with Crippen molar-refractivity contribution in [2.24, 2.45) is 5.84 Å². The van der Waals surface area contributed by atoms with Gasteiger partial charge in [-0.2, -0.15) is 0 Å². The van der Waals surface area contributed by atoms with Gasteiger partial charge in [0, 0.05) is 16.2 Å². The summed E-state index contributed by atoms with van der Waals surface area (Å²) in [5, 5.41) is 0. The van der Waals surface area contributed by atoms with Crippen LogP contribution in [0.1, 0.15) is 23.6 Å². The van der Waals surface area contributed by atoms with Crippen molar-refractivity contribution in [2.45, 2.75) is 18.9 Å². The van der Waals surface area contributed by atoms with Gasteiger partial charge in [-0.15, -0.1) is 0 Å². The molecule has 5 N–H and O–H groups in total. The molecule has 4 nitrogen and oxygen atoms in total. The SMILES string of the molecule is COc1ccc(CCC(NN)c2cc(Br)ccc2N)cc1. The van der Waals surface area contributed by atoms with E-state index in [9.17, 15) is 0 Å². The van der Waals surface area contributed by atoms with Crippen LogP contribution in [0.4, 0.5) is 5.69 Å². The molecule has 0 aromatic heterocycles. The zero-order valence-electron chi connectivity index (χ0n) is 12.0. The second kappa shape index (κ2) is 7.45. The molecule has 0 fully saturated rings. The van der Waals surface area contributed by atoms with Crippen LogP contribution in [0.15, 0.2) is 46.9 Å². The fourth-order valence-corrected chi connectivity index (χ4v) is 2.66. The molecule has 2 aromatic rings. The molecular formula is C16H20BrN3O. The summed E-state index contributed by atoms with van der Waals surface area (Å²) in [6.07, 6.45) is 1.77. The highest BCUT2D eigenvalue weighted by Crippen LogP contribution is 2.27. The van der Waals surface area contributed by atoms with Crippen molar-refractivity contribution in [3.05, 3.63) is 58.1 Å². The van der Waals surface area contributed by atoms with Gasteiger partial charge in [0.05, 0.1) is 7.11 Å². The number of halogens is 1. The summed E-state index contributed by atoms with van der Waals surface area (Å²) in [7, 11) is 1.67. The van der Waals surface area contributed by atoms with Crippen LogP contribution in [0.2, 0.25) is 0 Å². The van der Waals surface area contributed by atoms with Gasteiger partial charge < -0.3 is 10.5 Å². The zero-order valence-corrected chi connectivity index (χ0v) is 13.6. The number of benzene rings is 2. The quantitative estimate of drug-likeness (QED) is 0.425. The van der Waals surface area contributed by atoms with Gasteiger partial charge in [0.1, 0.15) is 5.75 Å². The monoisotopic (exact) mass is 349 g/mol. The Balaban J connectivity index is 2.06. The molecule has 0 spiro atoms. The second-order valence-electron chi connectivity index (χ2n) is 4.88. The smallest absolute Gasteiger partial charge is 0.118 e. The van der Waals surface area contributed by atoms with Gasteiger partial charge in [-0.05, 0) is 54.3 Å². The number of nitrogen functional groups attached to an aromatic ring is 1. The molecule has 0 radical (unpaired) electrons. The van der Waals surface area contributed by atoms with E-state index in [1.165, 1.54) is 5.56 Å². The van der Waals surface area contributed by atoms with Crippen molar-refractivity contribution < 1.29 is 4.74 Å². The van der Waals surface area contributed by atoms with Crippen LogP contribution in [0.5, 0.6) is 5.75 Å². The Morgan fingerprint density at radius 3 is 2.52 bits per heavy atom. The highest BCUT2D eigenvalue weighted by Gasteiger charge is 2.13. The van der Waals surface area contributed by atoms with Crippen molar-refractivity contribution in [1.82, 2.24) is 5.43 Å². The summed E-state index contributed by atoms with van der Waals surface area (Å²) in [5.74, 6) is 6.56. The Morgan fingerprint density at radius 1 is 1.19 bits per heavy atom. The van der Waals surface area contributed by atoms with E-state index in [0.29, 0.717) is 0 Å². The minimum absolute atomic E-state index is 0.0181. The summed E-state index contributed by atoms with van der Waals surface area (Å²) in [6.45, 7) is 0. The number of anilines is 1. The molecule has 0 amide bonds. The molecule has 112 valence electrons. The topological polar surface area (TPSA) is 73.3 Å². The first-order chi connectivity index (χ1) is 10.1. The van der Waals surface area contributed by atoms with Crippen molar-refractivity contribution in [2.75, 3.05) is 12.8 Å². The van der Waals surface area contributed by atoms with E-state index in [4.69, 9.17) is 16.3 Å². The van der Waals surface area contributed by atoms with Crippen LogP contribution in [0, 0.1) is 0 Å².